The maximum Gasteiger partial charge on any atom is 1.00 e. The standard InChI is InChI=1S/CH4N2O.ClO.Na/c2-1(3)4;1-2;/h(H4,2,3,4);;/q;-1;+1. The molecule has 0 heterocycles. The van der Waals surface area contributed by atoms with Crippen molar-refractivity contribution in [2.75, 3.05) is 0 Å². The second kappa shape index (κ2) is 16.0. The quantitative estimate of drug-likeness (QED) is 0.327. The monoisotopic (exact) mass is 134 g/mol. The molecule has 0 aliphatic rings. The van der Waals surface area contributed by atoms with E-state index in [0.29, 0.717) is 0 Å². The molecule has 38 valence electrons. The van der Waals surface area contributed by atoms with Gasteiger partial charge in [0.25, 0.3) is 0 Å². The van der Waals surface area contributed by atoms with Crippen LogP contribution in [0.15, 0.2) is 0 Å². The Morgan fingerprint density at radius 1 is 1.43 bits per heavy atom. The molecule has 0 radical (unpaired) electrons. The Bertz CT molecular complexity index is 38.7. The first kappa shape index (κ1) is 15.6. The van der Waals surface area contributed by atoms with Crippen molar-refractivity contribution >= 4 is 17.9 Å². The molecule has 0 spiro atoms. The van der Waals surface area contributed by atoms with E-state index in [0.717, 1.165) is 0 Å². The van der Waals surface area contributed by atoms with Crippen LogP contribution in [-0.2, 0) is 0 Å². The number of hydrogen-bond donors (Lipinski definition) is 2. The topological polar surface area (TPSA) is 92.2 Å². The molecule has 0 atom stereocenters. The predicted octanol–water partition coefficient (Wildman–Crippen LogP) is -4.47. The van der Waals surface area contributed by atoms with Crippen LogP contribution in [0.2, 0.25) is 0 Å². The van der Waals surface area contributed by atoms with Crippen LogP contribution in [0.3, 0.4) is 0 Å². The van der Waals surface area contributed by atoms with Crippen molar-refractivity contribution in [3.8, 4) is 0 Å². The van der Waals surface area contributed by atoms with Gasteiger partial charge in [-0.3, -0.25) is 0 Å². The average Bonchev–Trinajstić information content (AvgIpc) is 1.41. The Hall–Kier alpha value is 0.520. The van der Waals surface area contributed by atoms with Gasteiger partial charge in [0.1, 0.15) is 0 Å². The second-order valence-electron chi connectivity index (χ2n) is 0.402. The molecule has 4 N–H and O–H groups in total. The number of amides is 2. The molecule has 4 nitrogen and oxygen atoms in total. The van der Waals surface area contributed by atoms with Gasteiger partial charge >= 0.3 is 35.6 Å². The molecule has 2 amide bonds. The molecule has 7 heavy (non-hydrogen) atoms. The van der Waals surface area contributed by atoms with Gasteiger partial charge < -0.3 is 16.1 Å². The first-order valence-corrected chi connectivity index (χ1v) is 1.24. The molecule has 0 aromatic carbocycles. The van der Waals surface area contributed by atoms with Gasteiger partial charge in [0.05, 0.1) is 0 Å². The molecule has 6 heteroatoms. The molecule has 0 aromatic heterocycles. The second-order valence-corrected chi connectivity index (χ2v) is 0.402. The van der Waals surface area contributed by atoms with Crippen LogP contribution in [0.1, 0.15) is 0 Å². The summed E-state index contributed by atoms with van der Waals surface area (Å²) in [5, 5.41) is 0. The van der Waals surface area contributed by atoms with Gasteiger partial charge in [-0.05, 0) is 0 Å². The van der Waals surface area contributed by atoms with Crippen LogP contribution in [-0.4, -0.2) is 6.03 Å². The number of urea groups is 1. The van der Waals surface area contributed by atoms with Crippen molar-refractivity contribution < 1.29 is 39.0 Å². The molecule has 0 fully saturated rings. The third kappa shape index (κ3) is 493. The molecule has 0 aliphatic heterocycles. The van der Waals surface area contributed by atoms with Gasteiger partial charge in [0.15, 0.2) is 0 Å². The third-order valence-electron chi connectivity index (χ3n) is 0. The number of rotatable bonds is 0. The van der Waals surface area contributed by atoms with Crippen LogP contribution in [0.4, 0.5) is 4.79 Å². The van der Waals surface area contributed by atoms with Crippen molar-refractivity contribution in [1.29, 1.82) is 0 Å². The van der Waals surface area contributed by atoms with E-state index >= 15 is 0 Å². The first-order chi connectivity index (χ1) is 2.73. The maximum atomic E-state index is 9.00. The zero-order chi connectivity index (χ0) is 5.58. The maximum absolute atomic E-state index is 9.00. The van der Waals surface area contributed by atoms with Gasteiger partial charge in [-0.1, -0.05) is 0 Å². The fourth-order valence-corrected chi connectivity index (χ4v) is 0. The van der Waals surface area contributed by atoms with E-state index in [9.17, 15) is 0 Å². The zero-order valence-corrected chi connectivity index (χ0v) is 6.61. The minimum absolute atomic E-state index is 0. The van der Waals surface area contributed by atoms with E-state index in [4.69, 9.17) is 9.45 Å². The Labute approximate surface area is 68.3 Å². The van der Waals surface area contributed by atoms with Crippen LogP contribution >= 0.6 is 11.9 Å². The number of halogens is 1. The summed E-state index contributed by atoms with van der Waals surface area (Å²) in [7, 11) is 0. The summed E-state index contributed by atoms with van der Waals surface area (Å²) in [5.41, 5.74) is 8.50. The normalized spacial score (nSPS) is 4.29. The third-order valence-corrected chi connectivity index (χ3v) is 0. The Balaban J connectivity index is -0.0000000480. The summed E-state index contributed by atoms with van der Waals surface area (Å²) >= 11 is 3.39. The molecular weight excluding hydrogens is 130 g/mol. The predicted molar refractivity (Wildman–Crippen MR) is 19.6 cm³/mol. The minimum Gasteiger partial charge on any atom is -0.769 e. The van der Waals surface area contributed by atoms with Crippen LogP contribution in [0.25, 0.3) is 0 Å². The van der Waals surface area contributed by atoms with E-state index in [1.54, 1.807) is 0 Å². The first-order valence-electron chi connectivity index (χ1n) is 0.936. The van der Waals surface area contributed by atoms with Gasteiger partial charge in [-0.15, -0.1) is 0 Å². The molecule has 0 saturated carbocycles. The van der Waals surface area contributed by atoms with Gasteiger partial charge in [0, 0.05) is 0 Å². The van der Waals surface area contributed by atoms with E-state index in [1.807, 2.05) is 0 Å². The minimum atomic E-state index is -0.833. The number of hydrogen-bond acceptors (Lipinski definition) is 2. The fraction of sp³-hybridized carbons (Fsp3) is 0. The molecule has 0 aromatic rings. The molecule has 0 aliphatic carbocycles. The van der Waals surface area contributed by atoms with Crippen LogP contribution in [0.5, 0.6) is 0 Å². The van der Waals surface area contributed by atoms with Crippen LogP contribution in [0, 0.1) is 0 Å². The summed E-state index contributed by atoms with van der Waals surface area (Å²) in [6.45, 7) is 0. The molecule has 0 bridgehead atoms. The fourth-order valence-electron chi connectivity index (χ4n) is 0. The number of nitrogens with two attached hydrogens (primary N) is 2. The molecule has 0 rings (SSSR count). The Kier molecular flexibility index (Phi) is 35.8. The number of primary amides is 2. The molecule has 0 unspecified atom stereocenters. The molecule has 0 saturated heterocycles. The van der Waals surface area contributed by atoms with E-state index in [2.05, 4.69) is 23.3 Å². The summed E-state index contributed by atoms with van der Waals surface area (Å²) in [6, 6.07) is -0.833. The largest absolute Gasteiger partial charge is 1.00 e. The van der Waals surface area contributed by atoms with Crippen molar-refractivity contribution in [2.24, 2.45) is 11.5 Å². The van der Waals surface area contributed by atoms with Gasteiger partial charge in [-0.25, -0.2) is 16.7 Å². The summed E-state index contributed by atoms with van der Waals surface area (Å²) in [5.74, 6) is 0. The zero-order valence-electron chi connectivity index (χ0n) is 3.85. The van der Waals surface area contributed by atoms with Gasteiger partial charge in [-0.2, -0.15) is 0 Å². The summed E-state index contributed by atoms with van der Waals surface area (Å²) in [6.07, 6.45) is 0. The van der Waals surface area contributed by atoms with Crippen molar-refractivity contribution in [1.82, 2.24) is 0 Å². The number of carbonyl (C=O) groups is 1. The SMILES string of the molecule is NC(N)=O.[Na+].[O-]Cl. The van der Waals surface area contributed by atoms with Crippen molar-refractivity contribution in [2.45, 2.75) is 0 Å². The number of carbonyl (C=O) groups excluding carboxylic acids is 1. The van der Waals surface area contributed by atoms with E-state index in [1.165, 1.54) is 0 Å². The summed E-state index contributed by atoms with van der Waals surface area (Å²) in [4.78, 5) is 9.00. The van der Waals surface area contributed by atoms with Crippen LogP contribution < -0.4 is 45.7 Å². The van der Waals surface area contributed by atoms with Crippen molar-refractivity contribution in [3.05, 3.63) is 0 Å². The average molecular weight is 134 g/mol. The van der Waals surface area contributed by atoms with Gasteiger partial charge in [0.2, 0.25) is 0 Å². The Morgan fingerprint density at radius 3 is 1.43 bits per heavy atom. The van der Waals surface area contributed by atoms with E-state index in [-0.39, 0.29) is 29.6 Å². The smallest absolute Gasteiger partial charge is 0.769 e. The summed E-state index contributed by atoms with van der Waals surface area (Å²) < 4.78 is 7.72. The molecular formula is CH4ClN2NaO2. The van der Waals surface area contributed by atoms with E-state index < -0.39 is 6.03 Å². The Morgan fingerprint density at radius 2 is 1.43 bits per heavy atom. The van der Waals surface area contributed by atoms with Crippen molar-refractivity contribution in [3.63, 3.8) is 0 Å².